The number of rotatable bonds is 4. The summed E-state index contributed by atoms with van der Waals surface area (Å²) in [7, 11) is 0. The van der Waals surface area contributed by atoms with E-state index in [1.807, 2.05) is 12.4 Å². The maximum absolute atomic E-state index is 4.52. The zero-order valence-electron chi connectivity index (χ0n) is 26.7. The van der Waals surface area contributed by atoms with Crippen molar-refractivity contribution >= 4 is 54.1 Å². The molecular formula is C47H30N2. The monoisotopic (exact) mass is 622 g/mol. The molecule has 0 radical (unpaired) electrons. The second-order valence-electron chi connectivity index (χ2n) is 12.7. The Morgan fingerprint density at radius 2 is 0.959 bits per heavy atom. The number of nitrogens with zero attached hydrogens (tertiary/aromatic N) is 2. The van der Waals surface area contributed by atoms with Crippen LogP contribution in [-0.4, -0.2) is 9.55 Å². The zero-order valence-corrected chi connectivity index (χ0v) is 26.7. The summed E-state index contributed by atoms with van der Waals surface area (Å²) in [5, 5.41) is 9.92. The first-order valence-electron chi connectivity index (χ1n) is 16.8. The maximum Gasteiger partial charge on any atom is 0.0571 e. The van der Waals surface area contributed by atoms with Gasteiger partial charge in [0, 0.05) is 28.9 Å². The van der Waals surface area contributed by atoms with Crippen LogP contribution in [0.4, 0.5) is 0 Å². The van der Waals surface area contributed by atoms with Crippen molar-refractivity contribution in [1.29, 1.82) is 0 Å². The van der Waals surface area contributed by atoms with Gasteiger partial charge in [0.2, 0.25) is 0 Å². The van der Waals surface area contributed by atoms with Crippen LogP contribution in [0.5, 0.6) is 0 Å². The van der Waals surface area contributed by atoms with E-state index in [4.69, 9.17) is 0 Å². The molecule has 0 saturated carbocycles. The van der Waals surface area contributed by atoms with Gasteiger partial charge in [0.05, 0.1) is 11.0 Å². The van der Waals surface area contributed by atoms with E-state index in [0.717, 1.165) is 16.6 Å². The van der Waals surface area contributed by atoms with E-state index in [9.17, 15) is 0 Å². The highest BCUT2D eigenvalue weighted by molar-refractivity contribution is 6.23. The number of hydrogen-bond donors (Lipinski definition) is 0. The average molecular weight is 623 g/mol. The molecule has 10 aromatic rings. The maximum atomic E-state index is 4.52. The molecule has 0 amide bonds. The van der Waals surface area contributed by atoms with Gasteiger partial charge < -0.3 is 4.57 Å². The smallest absolute Gasteiger partial charge is 0.0571 e. The largest absolute Gasteiger partial charge is 0.309 e. The Labute approximate surface area is 284 Å². The summed E-state index contributed by atoms with van der Waals surface area (Å²) < 4.78 is 2.34. The first-order chi connectivity index (χ1) is 24.3. The fourth-order valence-electron chi connectivity index (χ4n) is 7.93. The normalized spacial score (nSPS) is 11.7. The van der Waals surface area contributed by atoms with Gasteiger partial charge in [-0.25, -0.2) is 0 Å². The average Bonchev–Trinajstić information content (AvgIpc) is 3.51. The Morgan fingerprint density at radius 1 is 0.367 bits per heavy atom. The van der Waals surface area contributed by atoms with Gasteiger partial charge in [-0.05, 0) is 102 Å². The van der Waals surface area contributed by atoms with Crippen LogP contribution in [0.25, 0.3) is 93.2 Å². The highest BCUT2D eigenvalue weighted by Crippen LogP contribution is 2.46. The van der Waals surface area contributed by atoms with Crippen molar-refractivity contribution in [2.75, 3.05) is 0 Å². The number of aromatic nitrogens is 2. The minimum atomic E-state index is 1.15. The van der Waals surface area contributed by atoms with E-state index in [1.165, 1.54) is 76.6 Å². The van der Waals surface area contributed by atoms with Gasteiger partial charge in [-0.15, -0.1) is 0 Å². The third-order valence-electron chi connectivity index (χ3n) is 10.1. The summed E-state index contributed by atoms with van der Waals surface area (Å²) in [5.74, 6) is 0. The third-order valence-corrected chi connectivity index (χ3v) is 10.1. The fourth-order valence-corrected chi connectivity index (χ4v) is 7.93. The SMILES string of the molecule is c1ccc(-n2c3ccncc3c3cc(-c4cccc(-c5c6ccccc6c(-c6cccc7ccccc67)c6ccccc56)c4)ccc32)cc1. The quantitative estimate of drug-likeness (QED) is 0.179. The van der Waals surface area contributed by atoms with Gasteiger partial charge in [0.1, 0.15) is 0 Å². The molecular weight excluding hydrogens is 593 g/mol. The Bertz CT molecular complexity index is 2820. The summed E-state index contributed by atoms with van der Waals surface area (Å²) in [5.41, 5.74) is 10.9. The number of fused-ring (bicyclic) bond motifs is 6. The van der Waals surface area contributed by atoms with Crippen LogP contribution in [-0.2, 0) is 0 Å². The second kappa shape index (κ2) is 11.0. The molecule has 10 rings (SSSR count). The highest BCUT2D eigenvalue weighted by Gasteiger charge is 2.19. The van der Waals surface area contributed by atoms with E-state index in [-0.39, 0.29) is 0 Å². The van der Waals surface area contributed by atoms with Gasteiger partial charge in [-0.3, -0.25) is 4.98 Å². The summed E-state index contributed by atoms with van der Waals surface area (Å²) in [6.07, 6.45) is 3.87. The molecule has 49 heavy (non-hydrogen) atoms. The lowest BCUT2D eigenvalue weighted by molar-refractivity contribution is 1.17. The van der Waals surface area contributed by atoms with Crippen molar-refractivity contribution in [3.8, 4) is 39.1 Å². The van der Waals surface area contributed by atoms with E-state index >= 15 is 0 Å². The van der Waals surface area contributed by atoms with Gasteiger partial charge in [-0.2, -0.15) is 0 Å². The van der Waals surface area contributed by atoms with Crippen LogP contribution < -0.4 is 0 Å². The number of para-hydroxylation sites is 1. The summed E-state index contributed by atoms with van der Waals surface area (Å²) in [4.78, 5) is 4.52. The predicted octanol–water partition coefficient (Wildman–Crippen LogP) is 12.6. The number of hydrogen-bond acceptors (Lipinski definition) is 1. The fraction of sp³-hybridized carbons (Fsp3) is 0. The molecule has 0 saturated heterocycles. The van der Waals surface area contributed by atoms with Crippen molar-refractivity contribution in [2.45, 2.75) is 0 Å². The lowest BCUT2D eigenvalue weighted by atomic mass is 9.84. The molecule has 2 heterocycles. The van der Waals surface area contributed by atoms with Crippen molar-refractivity contribution in [3.63, 3.8) is 0 Å². The minimum absolute atomic E-state index is 1.15. The Kier molecular flexibility index (Phi) is 6.22. The molecule has 0 bridgehead atoms. The molecule has 0 aliphatic heterocycles. The van der Waals surface area contributed by atoms with Crippen LogP contribution in [0.3, 0.4) is 0 Å². The van der Waals surface area contributed by atoms with Crippen molar-refractivity contribution in [1.82, 2.24) is 9.55 Å². The lowest BCUT2D eigenvalue weighted by Gasteiger charge is -2.19. The Morgan fingerprint density at radius 3 is 1.73 bits per heavy atom. The molecule has 228 valence electrons. The van der Waals surface area contributed by atoms with E-state index in [0.29, 0.717) is 0 Å². The van der Waals surface area contributed by atoms with Crippen molar-refractivity contribution in [2.24, 2.45) is 0 Å². The summed E-state index contributed by atoms with van der Waals surface area (Å²) in [6.45, 7) is 0. The number of pyridine rings is 1. The van der Waals surface area contributed by atoms with Crippen molar-refractivity contribution < 1.29 is 0 Å². The van der Waals surface area contributed by atoms with Crippen LogP contribution >= 0.6 is 0 Å². The molecule has 0 aliphatic carbocycles. The minimum Gasteiger partial charge on any atom is -0.309 e. The summed E-state index contributed by atoms with van der Waals surface area (Å²) >= 11 is 0. The zero-order chi connectivity index (χ0) is 32.3. The molecule has 8 aromatic carbocycles. The Balaban J connectivity index is 1.20. The van der Waals surface area contributed by atoms with Crippen LogP contribution in [0.2, 0.25) is 0 Å². The lowest BCUT2D eigenvalue weighted by Crippen LogP contribution is -1.93. The standard InChI is InChI=1S/C47H30N2/c1-2-16-35(17-3-1)49-44-25-24-33(29-42(44)43-30-48-27-26-45(43)49)32-14-10-15-34(28-32)46-38-19-6-8-21-40(38)47(41-22-9-7-20-39(41)46)37-23-11-13-31-12-4-5-18-36(31)37/h1-30H. The molecule has 0 fully saturated rings. The first kappa shape index (κ1) is 27.6. The molecule has 2 heteroatoms. The molecule has 0 unspecified atom stereocenters. The summed E-state index contributed by atoms with van der Waals surface area (Å²) in [6, 6.07) is 61.8. The third kappa shape index (κ3) is 4.31. The van der Waals surface area contributed by atoms with Crippen LogP contribution in [0.15, 0.2) is 182 Å². The molecule has 2 aromatic heterocycles. The highest BCUT2D eigenvalue weighted by atomic mass is 15.0. The van der Waals surface area contributed by atoms with Crippen molar-refractivity contribution in [3.05, 3.63) is 182 Å². The molecule has 0 spiro atoms. The molecule has 0 atom stereocenters. The van der Waals surface area contributed by atoms with Crippen LogP contribution in [0, 0.1) is 0 Å². The van der Waals surface area contributed by atoms with E-state index in [1.54, 1.807) is 0 Å². The molecule has 2 nitrogen and oxygen atoms in total. The van der Waals surface area contributed by atoms with E-state index in [2.05, 4.69) is 179 Å². The van der Waals surface area contributed by atoms with Gasteiger partial charge in [0.25, 0.3) is 0 Å². The van der Waals surface area contributed by atoms with E-state index < -0.39 is 0 Å². The second-order valence-corrected chi connectivity index (χ2v) is 12.7. The number of benzene rings is 8. The molecule has 0 N–H and O–H groups in total. The Hall–Kier alpha value is -6.51. The predicted molar refractivity (Wildman–Crippen MR) is 207 cm³/mol. The van der Waals surface area contributed by atoms with Gasteiger partial charge in [-0.1, -0.05) is 133 Å². The van der Waals surface area contributed by atoms with Gasteiger partial charge in [0.15, 0.2) is 0 Å². The first-order valence-corrected chi connectivity index (χ1v) is 16.8. The molecule has 0 aliphatic rings. The topological polar surface area (TPSA) is 17.8 Å². The van der Waals surface area contributed by atoms with Gasteiger partial charge >= 0.3 is 0 Å². The van der Waals surface area contributed by atoms with Crippen LogP contribution in [0.1, 0.15) is 0 Å².